The Morgan fingerprint density at radius 1 is 1.00 bits per heavy atom. The molecule has 1 aromatic carbocycles. The normalized spacial score (nSPS) is 13.2. The number of rotatable bonds is 3. The Kier molecular flexibility index (Phi) is 3.91. The molecule has 0 heterocycles. The van der Waals surface area contributed by atoms with Gasteiger partial charge in [-0.15, -0.1) is 0 Å². The topological polar surface area (TPSA) is 12.0 Å². The monoisotopic (exact) mass is 235 g/mol. The molecule has 0 saturated carbocycles. The molecule has 5 heteroatoms. The van der Waals surface area contributed by atoms with E-state index in [2.05, 4.69) is 5.32 Å². The molecule has 1 aromatic rings. The van der Waals surface area contributed by atoms with Crippen LogP contribution < -0.4 is 5.32 Å². The molecular formula is C11H13F4N. The molecule has 1 atom stereocenters. The maximum atomic E-state index is 13.4. The first-order valence-electron chi connectivity index (χ1n) is 4.90. The van der Waals surface area contributed by atoms with E-state index in [1.54, 1.807) is 20.9 Å². The van der Waals surface area contributed by atoms with Crippen LogP contribution in [0, 0.1) is 29.2 Å². The highest BCUT2D eigenvalue weighted by Crippen LogP contribution is 2.27. The Bertz CT molecular complexity index is 390. The number of hydrogen-bond acceptors (Lipinski definition) is 1. The van der Waals surface area contributed by atoms with Gasteiger partial charge in [0.2, 0.25) is 0 Å². The van der Waals surface area contributed by atoms with Gasteiger partial charge in [-0.05, 0) is 19.0 Å². The van der Waals surface area contributed by atoms with Crippen molar-refractivity contribution in [3.05, 3.63) is 34.9 Å². The van der Waals surface area contributed by atoms with E-state index in [-0.39, 0.29) is 11.5 Å². The second kappa shape index (κ2) is 4.82. The summed E-state index contributed by atoms with van der Waals surface area (Å²) in [5.74, 6) is -6.35. The van der Waals surface area contributed by atoms with Crippen LogP contribution in [0.15, 0.2) is 6.07 Å². The van der Waals surface area contributed by atoms with Crippen molar-refractivity contribution in [3.8, 4) is 0 Å². The van der Waals surface area contributed by atoms with Crippen molar-refractivity contribution in [2.45, 2.75) is 19.9 Å². The number of hydrogen-bond donors (Lipinski definition) is 1. The van der Waals surface area contributed by atoms with E-state index in [1.165, 1.54) is 0 Å². The number of nitrogens with one attached hydrogen (secondary N) is 1. The maximum absolute atomic E-state index is 13.4. The van der Waals surface area contributed by atoms with Crippen molar-refractivity contribution in [1.29, 1.82) is 0 Å². The maximum Gasteiger partial charge on any atom is 0.197 e. The minimum Gasteiger partial charge on any atom is -0.313 e. The predicted octanol–water partition coefficient (Wildman–Crippen LogP) is 3.16. The van der Waals surface area contributed by atoms with Gasteiger partial charge in [-0.2, -0.15) is 0 Å². The van der Waals surface area contributed by atoms with Crippen molar-refractivity contribution < 1.29 is 17.6 Å². The van der Waals surface area contributed by atoms with Gasteiger partial charge in [0.15, 0.2) is 23.3 Å². The predicted molar refractivity (Wildman–Crippen MR) is 52.9 cm³/mol. The number of halogens is 4. The lowest BCUT2D eigenvalue weighted by molar-refractivity contribution is 0.374. The van der Waals surface area contributed by atoms with Crippen molar-refractivity contribution in [2.24, 2.45) is 5.92 Å². The van der Waals surface area contributed by atoms with E-state index >= 15 is 0 Å². The van der Waals surface area contributed by atoms with Gasteiger partial charge in [-0.25, -0.2) is 17.6 Å². The second-order valence-electron chi connectivity index (χ2n) is 3.90. The Hall–Kier alpha value is -1.10. The van der Waals surface area contributed by atoms with Crippen LogP contribution in [-0.4, -0.2) is 7.05 Å². The standard InChI is InChI=1S/C11H13F4N/c1-5(2)11(16-3)6-4-7(12)9(14)10(15)8(6)13/h4-5,11,16H,1-3H3. The zero-order valence-corrected chi connectivity index (χ0v) is 9.24. The molecule has 0 saturated heterocycles. The average molecular weight is 235 g/mol. The van der Waals surface area contributed by atoms with E-state index in [1.807, 2.05) is 0 Å². The molecule has 0 spiro atoms. The van der Waals surface area contributed by atoms with Gasteiger partial charge in [-0.1, -0.05) is 13.8 Å². The lowest BCUT2D eigenvalue weighted by Gasteiger charge is -2.21. The molecule has 1 nitrogen and oxygen atoms in total. The molecule has 0 fully saturated rings. The molecule has 16 heavy (non-hydrogen) atoms. The van der Waals surface area contributed by atoms with Gasteiger partial charge >= 0.3 is 0 Å². The van der Waals surface area contributed by atoms with Crippen LogP contribution in [-0.2, 0) is 0 Å². The van der Waals surface area contributed by atoms with Gasteiger partial charge in [0.25, 0.3) is 0 Å². The average Bonchev–Trinajstić information content (AvgIpc) is 2.23. The lowest BCUT2D eigenvalue weighted by atomic mass is 9.95. The third-order valence-electron chi connectivity index (χ3n) is 2.44. The highest BCUT2D eigenvalue weighted by atomic mass is 19.2. The second-order valence-corrected chi connectivity index (χ2v) is 3.90. The van der Waals surface area contributed by atoms with Crippen molar-refractivity contribution in [3.63, 3.8) is 0 Å². The zero-order valence-electron chi connectivity index (χ0n) is 9.24. The minimum atomic E-state index is -1.78. The van der Waals surface area contributed by atoms with Crippen LogP contribution in [0.2, 0.25) is 0 Å². The summed E-state index contributed by atoms with van der Waals surface area (Å²) in [6.07, 6.45) is 0. The molecule has 0 aliphatic carbocycles. The van der Waals surface area contributed by atoms with Crippen LogP contribution >= 0.6 is 0 Å². The molecular weight excluding hydrogens is 222 g/mol. The summed E-state index contributed by atoms with van der Waals surface area (Å²) in [4.78, 5) is 0. The quantitative estimate of drug-likeness (QED) is 0.482. The van der Waals surface area contributed by atoms with Gasteiger partial charge < -0.3 is 5.32 Å². The van der Waals surface area contributed by atoms with Gasteiger partial charge in [0.05, 0.1) is 0 Å². The van der Waals surface area contributed by atoms with Crippen molar-refractivity contribution >= 4 is 0 Å². The summed E-state index contributed by atoms with van der Waals surface area (Å²) in [5, 5.41) is 2.74. The molecule has 1 rings (SSSR count). The highest BCUT2D eigenvalue weighted by Gasteiger charge is 2.24. The van der Waals surface area contributed by atoms with Crippen molar-refractivity contribution in [2.75, 3.05) is 7.05 Å². The fourth-order valence-electron chi connectivity index (χ4n) is 1.67. The van der Waals surface area contributed by atoms with E-state index in [0.717, 1.165) is 0 Å². The molecule has 0 aromatic heterocycles. The summed E-state index contributed by atoms with van der Waals surface area (Å²) in [7, 11) is 1.54. The third kappa shape index (κ3) is 2.19. The summed E-state index contributed by atoms with van der Waals surface area (Å²) in [6.45, 7) is 3.53. The van der Waals surface area contributed by atoms with Crippen LogP contribution in [0.25, 0.3) is 0 Å². The van der Waals surface area contributed by atoms with Gasteiger partial charge in [-0.3, -0.25) is 0 Å². The summed E-state index contributed by atoms with van der Waals surface area (Å²) in [6, 6.07) is 0.124. The fourth-order valence-corrected chi connectivity index (χ4v) is 1.67. The SMILES string of the molecule is CNC(c1cc(F)c(F)c(F)c1F)C(C)C. The Morgan fingerprint density at radius 3 is 2.00 bits per heavy atom. The molecule has 1 N–H and O–H groups in total. The number of benzene rings is 1. The Labute approximate surface area is 91.5 Å². The molecule has 0 bridgehead atoms. The first-order chi connectivity index (χ1) is 7.40. The Balaban J connectivity index is 3.34. The Morgan fingerprint density at radius 2 is 1.56 bits per heavy atom. The van der Waals surface area contributed by atoms with E-state index < -0.39 is 29.3 Å². The van der Waals surface area contributed by atoms with Crippen LogP contribution in [0.3, 0.4) is 0 Å². The summed E-state index contributed by atoms with van der Waals surface area (Å²) < 4.78 is 52.1. The molecule has 90 valence electrons. The van der Waals surface area contributed by atoms with Crippen LogP contribution in [0.5, 0.6) is 0 Å². The lowest BCUT2D eigenvalue weighted by Crippen LogP contribution is -2.24. The summed E-state index contributed by atoms with van der Waals surface area (Å²) >= 11 is 0. The smallest absolute Gasteiger partial charge is 0.197 e. The van der Waals surface area contributed by atoms with Crippen LogP contribution in [0.4, 0.5) is 17.6 Å². The van der Waals surface area contributed by atoms with Gasteiger partial charge in [0, 0.05) is 11.6 Å². The molecule has 0 radical (unpaired) electrons. The largest absolute Gasteiger partial charge is 0.313 e. The van der Waals surface area contributed by atoms with E-state index in [4.69, 9.17) is 0 Å². The minimum absolute atomic E-state index is 0.0799. The third-order valence-corrected chi connectivity index (χ3v) is 2.44. The zero-order chi connectivity index (χ0) is 12.5. The molecule has 1 unspecified atom stereocenters. The summed E-state index contributed by atoms with van der Waals surface area (Å²) in [5.41, 5.74) is -0.200. The fraction of sp³-hybridized carbons (Fsp3) is 0.455. The first-order valence-corrected chi connectivity index (χ1v) is 4.90. The van der Waals surface area contributed by atoms with Crippen molar-refractivity contribution in [1.82, 2.24) is 5.32 Å². The first kappa shape index (κ1) is 13.0. The van der Waals surface area contributed by atoms with E-state index in [9.17, 15) is 17.6 Å². The molecule has 0 amide bonds. The van der Waals surface area contributed by atoms with Gasteiger partial charge in [0.1, 0.15) is 0 Å². The highest BCUT2D eigenvalue weighted by molar-refractivity contribution is 5.25. The van der Waals surface area contributed by atoms with Crippen LogP contribution in [0.1, 0.15) is 25.5 Å². The molecule has 0 aliphatic heterocycles. The van der Waals surface area contributed by atoms with E-state index in [0.29, 0.717) is 6.07 Å². The molecule has 0 aliphatic rings.